The van der Waals surface area contributed by atoms with Gasteiger partial charge in [-0.3, -0.25) is 10.1 Å². The summed E-state index contributed by atoms with van der Waals surface area (Å²) in [6, 6.07) is 8.96. The van der Waals surface area contributed by atoms with Gasteiger partial charge in [-0.1, -0.05) is 11.3 Å². The van der Waals surface area contributed by atoms with E-state index >= 15 is 0 Å². The number of fused-ring (bicyclic) bond motifs is 1. The molecule has 2 N–H and O–H groups in total. The molecule has 0 saturated carbocycles. The Morgan fingerprint density at radius 2 is 2.05 bits per heavy atom. The lowest BCUT2D eigenvalue weighted by molar-refractivity contribution is -0.380. The zero-order valence-corrected chi connectivity index (χ0v) is 10.9. The van der Waals surface area contributed by atoms with Crippen molar-refractivity contribution < 1.29 is 9.66 Å². The van der Waals surface area contributed by atoms with E-state index in [0.717, 1.165) is 33.3 Å². The normalized spacial score (nSPS) is 16.4. The van der Waals surface area contributed by atoms with Crippen molar-refractivity contribution in [2.75, 3.05) is 17.7 Å². The van der Waals surface area contributed by atoms with Gasteiger partial charge in [0, 0.05) is 12.1 Å². The molecule has 0 bridgehead atoms. The van der Waals surface area contributed by atoms with Crippen LogP contribution in [0.15, 0.2) is 30.3 Å². The first-order valence-electron chi connectivity index (χ1n) is 5.62. The summed E-state index contributed by atoms with van der Waals surface area (Å²) >= 11 is 1.16. The summed E-state index contributed by atoms with van der Waals surface area (Å²) < 4.78 is 5.16. The van der Waals surface area contributed by atoms with Gasteiger partial charge in [0.25, 0.3) is 0 Å². The van der Waals surface area contributed by atoms with E-state index in [0.29, 0.717) is 0 Å². The molecule has 0 saturated heterocycles. The maximum absolute atomic E-state index is 10.7. The number of nitrogens with zero attached hydrogens (tertiary/aromatic N) is 1. The Bertz CT molecular complexity index is 641. The molecule has 0 spiro atoms. The maximum Gasteiger partial charge on any atom is 0.324 e. The number of nitro groups is 1. The fraction of sp³-hybridized carbons (Fsp3) is 0.167. The van der Waals surface area contributed by atoms with E-state index < -0.39 is 0 Å². The van der Waals surface area contributed by atoms with Crippen molar-refractivity contribution in [3.63, 3.8) is 0 Å². The van der Waals surface area contributed by atoms with Crippen LogP contribution in [0, 0.1) is 10.1 Å². The standard InChI is InChI=1S/C12H11N3O3S/c1-18-7-2-3-8-9(6-7)14-12(13-8)10-4-5-11(19-10)15(16)17/h2-6,12-14H,1H3. The molecule has 0 fully saturated rings. The molecule has 1 aromatic carbocycles. The predicted molar refractivity (Wildman–Crippen MR) is 74.0 cm³/mol. The number of ether oxygens (including phenoxy) is 1. The minimum atomic E-state index is -0.376. The van der Waals surface area contributed by atoms with Gasteiger partial charge in [0.1, 0.15) is 11.9 Å². The summed E-state index contributed by atoms with van der Waals surface area (Å²) in [5.41, 5.74) is 1.89. The Labute approximate surface area is 113 Å². The highest BCUT2D eigenvalue weighted by Crippen LogP contribution is 2.40. The van der Waals surface area contributed by atoms with Gasteiger partial charge >= 0.3 is 5.00 Å². The molecule has 2 aromatic rings. The molecular formula is C12H11N3O3S. The zero-order chi connectivity index (χ0) is 13.4. The molecule has 0 radical (unpaired) electrons. The average Bonchev–Trinajstić information content (AvgIpc) is 3.04. The van der Waals surface area contributed by atoms with E-state index in [1.54, 1.807) is 13.2 Å². The molecule has 98 valence electrons. The molecule has 0 aliphatic carbocycles. The van der Waals surface area contributed by atoms with Crippen LogP contribution in [0.3, 0.4) is 0 Å². The molecule has 1 atom stereocenters. The molecule has 1 aliphatic rings. The van der Waals surface area contributed by atoms with E-state index in [4.69, 9.17) is 4.74 Å². The van der Waals surface area contributed by atoms with Crippen LogP contribution < -0.4 is 15.4 Å². The Morgan fingerprint density at radius 1 is 1.26 bits per heavy atom. The third kappa shape index (κ3) is 2.08. The van der Waals surface area contributed by atoms with Crippen molar-refractivity contribution >= 4 is 27.7 Å². The second-order valence-corrected chi connectivity index (χ2v) is 5.16. The van der Waals surface area contributed by atoms with Crippen LogP contribution in [-0.4, -0.2) is 12.0 Å². The lowest BCUT2D eigenvalue weighted by Gasteiger charge is -2.08. The minimum absolute atomic E-state index is 0.138. The number of hydrogen-bond acceptors (Lipinski definition) is 6. The summed E-state index contributed by atoms with van der Waals surface area (Å²) in [6.07, 6.45) is -0.138. The number of nitrogens with one attached hydrogen (secondary N) is 2. The number of benzene rings is 1. The van der Waals surface area contributed by atoms with Crippen LogP contribution >= 0.6 is 11.3 Å². The van der Waals surface area contributed by atoms with Gasteiger partial charge in [0.15, 0.2) is 0 Å². The van der Waals surface area contributed by atoms with E-state index in [1.165, 1.54) is 6.07 Å². The summed E-state index contributed by atoms with van der Waals surface area (Å²) in [7, 11) is 1.62. The second kappa shape index (κ2) is 4.43. The van der Waals surface area contributed by atoms with Crippen molar-refractivity contribution in [2.45, 2.75) is 6.17 Å². The first kappa shape index (κ1) is 11.8. The number of methoxy groups -OCH3 is 1. The van der Waals surface area contributed by atoms with Gasteiger partial charge in [-0.25, -0.2) is 0 Å². The molecule has 2 heterocycles. The van der Waals surface area contributed by atoms with Crippen molar-refractivity contribution in [2.24, 2.45) is 0 Å². The van der Waals surface area contributed by atoms with E-state index in [2.05, 4.69) is 10.6 Å². The average molecular weight is 277 g/mol. The molecule has 3 rings (SSSR count). The Morgan fingerprint density at radius 3 is 2.74 bits per heavy atom. The second-order valence-electron chi connectivity index (χ2n) is 4.07. The van der Waals surface area contributed by atoms with Crippen LogP contribution in [0.4, 0.5) is 16.4 Å². The van der Waals surface area contributed by atoms with E-state index in [-0.39, 0.29) is 16.1 Å². The quantitative estimate of drug-likeness (QED) is 0.665. The van der Waals surface area contributed by atoms with Crippen molar-refractivity contribution in [1.82, 2.24) is 0 Å². The molecule has 1 aromatic heterocycles. The smallest absolute Gasteiger partial charge is 0.324 e. The Hall–Kier alpha value is -2.28. The number of rotatable bonds is 3. The molecule has 6 nitrogen and oxygen atoms in total. The van der Waals surface area contributed by atoms with Crippen LogP contribution in [0.5, 0.6) is 5.75 Å². The lowest BCUT2D eigenvalue weighted by atomic mass is 10.2. The first-order valence-corrected chi connectivity index (χ1v) is 6.44. The van der Waals surface area contributed by atoms with Gasteiger partial charge in [-0.2, -0.15) is 0 Å². The predicted octanol–water partition coefficient (Wildman–Crippen LogP) is 3.20. The van der Waals surface area contributed by atoms with Crippen LogP contribution in [0.25, 0.3) is 0 Å². The van der Waals surface area contributed by atoms with Gasteiger partial charge in [-0.05, 0) is 18.2 Å². The highest BCUT2D eigenvalue weighted by atomic mass is 32.1. The van der Waals surface area contributed by atoms with Gasteiger partial charge in [-0.15, -0.1) is 0 Å². The summed E-state index contributed by atoms with van der Waals surface area (Å²) in [5.74, 6) is 0.769. The highest BCUT2D eigenvalue weighted by Gasteiger charge is 2.24. The Balaban J connectivity index is 1.84. The van der Waals surface area contributed by atoms with Crippen LogP contribution in [0.2, 0.25) is 0 Å². The molecular weight excluding hydrogens is 266 g/mol. The fourth-order valence-electron chi connectivity index (χ4n) is 1.98. The number of thiophene rings is 1. The summed E-state index contributed by atoms with van der Waals surface area (Å²) in [5, 5.41) is 17.4. The fourth-order valence-corrected chi connectivity index (χ4v) is 2.80. The minimum Gasteiger partial charge on any atom is -0.497 e. The van der Waals surface area contributed by atoms with Crippen LogP contribution in [0.1, 0.15) is 11.0 Å². The molecule has 19 heavy (non-hydrogen) atoms. The number of hydrogen-bond donors (Lipinski definition) is 2. The third-order valence-corrected chi connectivity index (χ3v) is 4.01. The Kier molecular flexibility index (Phi) is 2.75. The highest BCUT2D eigenvalue weighted by molar-refractivity contribution is 7.15. The van der Waals surface area contributed by atoms with Crippen LogP contribution in [-0.2, 0) is 0 Å². The van der Waals surface area contributed by atoms with Gasteiger partial charge in [0.2, 0.25) is 0 Å². The molecule has 7 heteroatoms. The number of anilines is 2. The zero-order valence-electron chi connectivity index (χ0n) is 10.0. The van der Waals surface area contributed by atoms with E-state index in [1.807, 2.05) is 18.2 Å². The molecule has 0 amide bonds. The van der Waals surface area contributed by atoms with Gasteiger partial charge in [0.05, 0.1) is 28.3 Å². The SMILES string of the molecule is COc1ccc2c(c1)NC(c1ccc([N+](=O)[O-])s1)N2. The first-order chi connectivity index (χ1) is 9.17. The van der Waals surface area contributed by atoms with E-state index in [9.17, 15) is 10.1 Å². The third-order valence-electron chi connectivity index (χ3n) is 2.90. The topological polar surface area (TPSA) is 76.4 Å². The summed E-state index contributed by atoms with van der Waals surface area (Å²) in [4.78, 5) is 11.2. The molecule has 1 unspecified atom stereocenters. The summed E-state index contributed by atoms with van der Waals surface area (Å²) in [6.45, 7) is 0. The van der Waals surface area contributed by atoms with Crippen molar-refractivity contribution in [3.8, 4) is 5.75 Å². The van der Waals surface area contributed by atoms with Gasteiger partial charge < -0.3 is 15.4 Å². The van der Waals surface area contributed by atoms with Crippen molar-refractivity contribution in [3.05, 3.63) is 45.3 Å². The monoisotopic (exact) mass is 277 g/mol. The lowest BCUT2D eigenvalue weighted by Crippen LogP contribution is -2.09. The maximum atomic E-state index is 10.7. The largest absolute Gasteiger partial charge is 0.497 e. The van der Waals surface area contributed by atoms with Crippen molar-refractivity contribution in [1.29, 1.82) is 0 Å². The molecule has 1 aliphatic heterocycles.